The zero-order chi connectivity index (χ0) is 14.5. The van der Waals surface area contributed by atoms with E-state index in [1.165, 1.54) is 24.8 Å². The molecule has 0 aromatic carbocycles. The van der Waals surface area contributed by atoms with Crippen LogP contribution in [0.5, 0.6) is 0 Å². The molecule has 2 aliphatic heterocycles. The molecule has 2 bridgehead atoms. The molecule has 0 spiro atoms. The van der Waals surface area contributed by atoms with Crippen molar-refractivity contribution in [1.82, 2.24) is 15.8 Å². The van der Waals surface area contributed by atoms with Gasteiger partial charge in [-0.3, -0.25) is 5.32 Å². The molecule has 4 aliphatic rings. The number of ether oxygens (including phenoxy) is 2. The quantitative estimate of drug-likeness (QED) is 0.858. The Morgan fingerprint density at radius 3 is 2.86 bits per heavy atom. The van der Waals surface area contributed by atoms with Gasteiger partial charge in [-0.1, -0.05) is 5.16 Å². The van der Waals surface area contributed by atoms with Crippen LogP contribution in [-0.2, 0) is 16.1 Å². The Kier molecular flexibility index (Phi) is 3.25. The van der Waals surface area contributed by atoms with E-state index in [-0.39, 0.29) is 6.04 Å². The second-order valence-electron chi connectivity index (χ2n) is 7.14. The predicted molar refractivity (Wildman–Crippen MR) is 78.3 cm³/mol. The molecule has 1 aromatic heterocycles. The van der Waals surface area contributed by atoms with E-state index in [1.807, 2.05) is 0 Å². The molecule has 6 nitrogen and oxygen atoms in total. The molecule has 0 amide bonds. The highest BCUT2D eigenvalue weighted by Gasteiger charge is 2.41. The first kappa shape index (κ1) is 13.5. The molecule has 3 heterocycles. The summed E-state index contributed by atoms with van der Waals surface area (Å²) in [6.07, 6.45) is 5.25. The van der Waals surface area contributed by atoms with Gasteiger partial charge in [-0.25, -0.2) is 0 Å². The second kappa shape index (κ2) is 5.30. The van der Waals surface area contributed by atoms with Gasteiger partial charge >= 0.3 is 0 Å². The van der Waals surface area contributed by atoms with Crippen LogP contribution in [0.2, 0.25) is 0 Å². The first-order valence-electron chi connectivity index (χ1n) is 8.53. The summed E-state index contributed by atoms with van der Waals surface area (Å²) in [5.74, 6) is 2.31. The lowest BCUT2D eigenvalue weighted by Crippen LogP contribution is -2.34. The van der Waals surface area contributed by atoms with Crippen LogP contribution in [-0.4, -0.2) is 37.2 Å². The van der Waals surface area contributed by atoms with E-state index < -0.39 is 0 Å². The molecular weight excluding hydrogens is 282 g/mol. The van der Waals surface area contributed by atoms with Gasteiger partial charge in [-0.05, 0) is 31.6 Å². The van der Waals surface area contributed by atoms with Crippen molar-refractivity contribution >= 4 is 0 Å². The first-order valence-corrected chi connectivity index (χ1v) is 8.53. The smallest absolute Gasteiger partial charge is 0.145 e. The first-order chi connectivity index (χ1) is 10.9. The van der Waals surface area contributed by atoms with Crippen LogP contribution < -0.4 is 10.6 Å². The van der Waals surface area contributed by atoms with Crippen LogP contribution in [0, 0.1) is 5.92 Å². The monoisotopic (exact) mass is 305 g/mol. The Morgan fingerprint density at radius 1 is 1.23 bits per heavy atom. The van der Waals surface area contributed by atoms with E-state index in [2.05, 4.69) is 15.8 Å². The molecule has 6 heteroatoms. The summed E-state index contributed by atoms with van der Waals surface area (Å²) in [6.45, 7) is 3.01. The number of aromatic nitrogens is 1. The molecule has 4 atom stereocenters. The lowest BCUT2D eigenvalue weighted by atomic mass is 10.0. The van der Waals surface area contributed by atoms with Crippen molar-refractivity contribution in [3.63, 3.8) is 0 Å². The summed E-state index contributed by atoms with van der Waals surface area (Å²) < 4.78 is 17.4. The maximum Gasteiger partial charge on any atom is 0.145 e. The largest absolute Gasteiger partial charge is 0.373 e. The zero-order valence-electron chi connectivity index (χ0n) is 12.7. The Morgan fingerprint density at radius 2 is 2.18 bits per heavy atom. The summed E-state index contributed by atoms with van der Waals surface area (Å²) in [6, 6.07) is 0.821. The van der Waals surface area contributed by atoms with Gasteiger partial charge in [0, 0.05) is 24.1 Å². The van der Waals surface area contributed by atoms with Crippen LogP contribution in [0.15, 0.2) is 4.52 Å². The highest BCUT2D eigenvalue weighted by Crippen LogP contribution is 2.44. The van der Waals surface area contributed by atoms with Gasteiger partial charge in [-0.15, -0.1) is 0 Å². The SMILES string of the molecule is C1NC(c2noc(C3CC3)c2CO[C@@H]2C[C@@H]3C[C@H]2CN3)CO1. The average molecular weight is 305 g/mol. The molecular formula is C16H23N3O3. The second-order valence-corrected chi connectivity index (χ2v) is 7.14. The van der Waals surface area contributed by atoms with Gasteiger partial charge in [0.2, 0.25) is 0 Å². The van der Waals surface area contributed by atoms with Crippen molar-refractivity contribution in [3.05, 3.63) is 17.0 Å². The molecule has 1 unspecified atom stereocenters. The van der Waals surface area contributed by atoms with Crippen LogP contribution in [0.1, 0.15) is 54.7 Å². The standard InChI is InChI=1S/C16H23N3O3/c1-2-9(1)16-12(15(19-22-16)13-7-20-8-18-13)6-21-14-4-11-3-10(14)5-17-11/h9-11,13-14,17-18H,1-8H2/t10-,11-,13?,14+/m0/s1. The molecule has 0 radical (unpaired) electrons. The van der Waals surface area contributed by atoms with Gasteiger partial charge in [0.25, 0.3) is 0 Å². The molecule has 2 saturated heterocycles. The van der Waals surface area contributed by atoms with Crippen molar-refractivity contribution in [1.29, 1.82) is 0 Å². The van der Waals surface area contributed by atoms with E-state index in [1.54, 1.807) is 0 Å². The number of rotatable bonds is 5. The van der Waals surface area contributed by atoms with Crippen molar-refractivity contribution in [3.8, 4) is 0 Å². The lowest BCUT2D eigenvalue weighted by Gasteiger charge is -2.23. The predicted octanol–water partition coefficient (Wildman–Crippen LogP) is 1.44. The minimum Gasteiger partial charge on any atom is -0.373 e. The van der Waals surface area contributed by atoms with Gasteiger partial charge in [0.15, 0.2) is 0 Å². The third kappa shape index (κ3) is 2.29. The summed E-state index contributed by atoms with van der Waals surface area (Å²) in [5.41, 5.74) is 2.18. The van der Waals surface area contributed by atoms with E-state index in [0.29, 0.717) is 43.9 Å². The van der Waals surface area contributed by atoms with Gasteiger partial charge < -0.3 is 19.3 Å². The number of fused-ring (bicyclic) bond motifs is 2. The van der Waals surface area contributed by atoms with E-state index >= 15 is 0 Å². The fraction of sp³-hybridized carbons (Fsp3) is 0.812. The zero-order valence-corrected chi connectivity index (χ0v) is 12.7. The van der Waals surface area contributed by atoms with Crippen LogP contribution in [0.25, 0.3) is 0 Å². The molecule has 2 saturated carbocycles. The van der Waals surface area contributed by atoms with Gasteiger partial charge in [0.05, 0.1) is 32.1 Å². The molecule has 5 rings (SSSR count). The van der Waals surface area contributed by atoms with Gasteiger partial charge in [0.1, 0.15) is 11.5 Å². The molecule has 4 fully saturated rings. The lowest BCUT2D eigenvalue weighted by molar-refractivity contribution is 0.00854. The minimum absolute atomic E-state index is 0.150. The highest BCUT2D eigenvalue weighted by molar-refractivity contribution is 5.30. The average Bonchev–Trinajstić information content (AvgIpc) is 3.00. The number of piperidine rings is 1. The topological polar surface area (TPSA) is 68.6 Å². The van der Waals surface area contributed by atoms with Crippen LogP contribution in [0.3, 0.4) is 0 Å². The summed E-state index contributed by atoms with van der Waals surface area (Å²) in [5, 5.41) is 11.2. The normalized spacial score (nSPS) is 37.3. The summed E-state index contributed by atoms with van der Waals surface area (Å²) in [7, 11) is 0. The third-order valence-electron chi connectivity index (χ3n) is 5.58. The maximum atomic E-state index is 6.29. The minimum atomic E-state index is 0.150. The Balaban J connectivity index is 1.34. The Hall–Kier alpha value is -0.950. The third-order valence-corrected chi connectivity index (χ3v) is 5.58. The summed E-state index contributed by atoms with van der Waals surface area (Å²) in [4.78, 5) is 0. The molecule has 120 valence electrons. The fourth-order valence-corrected chi connectivity index (χ4v) is 4.17. The van der Waals surface area contributed by atoms with Crippen molar-refractivity contribution < 1.29 is 14.0 Å². The molecule has 1 aromatic rings. The highest BCUT2D eigenvalue weighted by atomic mass is 16.5. The number of nitrogens with one attached hydrogen (secondary N) is 2. The fourth-order valence-electron chi connectivity index (χ4n) is 4.17. The number of nitrogens with zero attached hydrogens (tertiary/aromatic N) is 1. The van der Waals surface area contributed by atoms with Crippen LogP contribution in [0.4, 0.5) is 0 Å². The van der Waals surface area contributed by atoms with E-state index in [9.17, 15) is 0 Å². The van der Waals surface area contributed by atoms with E-state index in [4.69, 9.17) is 14.0 Å². The molecule has 2 aliphatic carbocycles. The number of hydrogen-bond acceptors (Lipinski definition) is 6. The van der Waals surface area contributed by atoms with Crippen molar-refractivity contribution in [2.75, 3.05) is 19.9 Å². The van der Waals surface area contributed by atoms with Crippen molar-refractivity contribution in [2.24, 2.45) is 5.92 Å². The van der Waals surface area contributed by atoms with Gasteiger partial charge in [-0.2, -0.15) is 0 Å². The molecule has 22 heavy (non-hydrogen) atoms. The van der Waals surface area contributed by atoms with E-state index in [0.717, 1.165) is 24.4 Å². The maximum absolute atomic E-state index is 6.29. The molecule has 2 N–H and O–H groups in total. The Labute approximate surface area is 129 Å². The number of hydrogen-bond donors (Lipinski definition) is 2. The van der Waals surface area contributed by atoms with Crippen LogP contribution >= 0.6 is 0 Å². The van der Waals surface area contributed by atoms with Crippen molar-refractivity contribution in [2.45, 2.75) is 56.4 Å². The summed E-state index contributed by atoms with van der Waals surface area (Å²) >= 11 is 0. The Bertz CT molecular complexity index is 551.